The molecular weight excluding hydrogens is 400 g/mol. The van der Waals surface area contributed by atoms with E-state index in [1.165, 1.54) is 30.3 Å². The molecule has 0 atom stereocenters. The van der Waals surface area contributed by atoms with Crippen LogP contribution in [-0.2, 0) is 0 Å². The summed E-state index contributed by atoms with van der Waals surface area (Å²) < 4.78 is 48.4. The van der Waals surface area contributed by atoms with Crippen molar-refractivity contribution in [1.82, 2.24) is 0 Å². The topological polar surface area (TPSA) is 56.5 Å². The molecule has 2 aromatic rings. The van der Waals surface area contributed by atoms with Crippen molar-refractivity contribution in [3.8, 4) is 11.5 Å². The van der Waals surface area contributed by atoms with Gasteiger partial charge in [-0.1, -0.05) is 0 Å². The van der Waals surface area contributed by atoms with Crippen molar-refractivity contribution in [3.63, 3.8) is 0 Å². The van der Waals surface area contributed by atoms with E-state index < -0.39 is 12.1 Å². The van der Waals surface area contributed by atoms with Crippen molar-refractivity contribution in [2.75, 3.05) is 11.1 Å². The van der Waals surface area contributed by atoms with Gasteiger partial charge in [-0.2, -0.15) is 0 Å². The summed E-state index contributed by atoms with van der Waals surface area (Å²) in [6.07, 6.45) is -3.67. The fraction of sp³-hybridized carbons (Fsp3) is 0.0769. The average molecular weight is 408 g/mol. The lowest BCUT2D eigenvalue weighted by Crippen LogP contribution is -2.25. The van der Waals surface area contributed by atoms with Crippen LogP contribution >= 0.6 is 22.6 Å². The molecule has 0 aromatic heterocycles. The Morgan fingerprint density at radius 1 is 1.10 bits per heavy atom. The van der Waals surface area contributed by atoms with Gasteiger partial charge in [0.05, 0.1) is 14.9 Å². The number of hydrogen-bond acceptors (Lipinski definition) is 4. The molecule has 0 radical (unpaired) electrons. The van der Waals surface area contributed by atoms with Gasteiger partial charge in [0.1, 0.15) is 5.82 Å². The Hall–Kier alpha value is -1.84. The summed E-state index contributed by atoms with van der Waals surface area (Å²) in [5.74, 6) is -0.596. The summed E-state index contributed by atoms with van der Waals surface area (Å²) in [6.45, 7) is 0. The fourth-order valence-corrected chi connectivity index (χ4v) is 2.34. The molecule has 0 bridgehead atoms. The first-order valence-electron chi connectivity index (χ1n) is 5.75. The molecule has 0 amide bonds. The first-order valence-corrected chi connectivity index (χ1v) is 6.83. The van der Waals surface area contributed by atoms with E-state index in [1.54, 1.807) is 0 Å². The zero-order valence-corrected chi connectivity index (χ0v) is 12.4. The highest BCUT2D eigenvalue weighted by Crippen LogP contribution is 2.42. The normalized spacial score (nSPS) is 15.0. The molecule has 1 heterocycles. The number of benzene rings is 2. The third-order valence-electron chi connectivity index (χ3n) is 2.77. The number of nitrogens with two attached hydrogens (primary N) is 1. The lowest BCUT2D eigenvalue weighted by molar-refractivity contribution is -0.286. The summed E-state index contributed by atoms with van der Waals surface area (Å²) in [5.41, 5.74) is 6.87. The number of fused-ring (bicyclic) bond motifs is 1. The molecule has 1 aliphatic rings. The Bertz CT molecular complexity index is 725. The Labute approximate surface area is 131 Å². The first kappa shape index (κ1) is 14.1. The summed E-state index contributed by atoms with van der Waals surface area (Å²) in [6, 6.07) is 6.86. The van der Waals surface area contributed by atoms with Crippen LogP contribution in [0.2, 0.25) is 0 Å². The van der Waals surface area contributed by atoms with Gasteiger partial charge >= 0.3 is 6.29 Å². The molecule has 0 unspecified atom stereocenters. The SMILES string of the molecule is Nc1cc(I)c(F)cc1Nc1ccc2c(c1)OC(F)(F)O2. The maximum absolute atomic E-state index is 13.5. The Morgan fingerprint density at radius 3 is 2.57 bits per heavy atom. The third kappa shape index (κ3) is 2.80. The van der Waals surface area contributed by atoms with E-state index in [4.69, 9.17) is 5.73 Å². The average Bonchev–Trinajstić information content (AvgIpc) is 2.69. The van der Waals surface area contributed by atoms with E-state index in [0.717, 1.165) is 0 Å². The van der Waals surface area contributed by atoms with Crippen molar-refractivity contribution in [2.24, 2.45) is 0 Å². The minimum absolute atomic E-state index is 0.0627. The Balaban J connectivity index is 1.89. The molecule has 0 spiro atoms. The number of halogens is 4. The highest BCUT2D eigenvalue weighted by atomic mass is 127. The molecular formula is C13H8F3IN2O2. The van der Waals surface area contributed by atoms with Crippen molar-refractivity contribution >= 4 is 39.7 Å². The number of nitrogens with one attached hydrogen (secondary N) is 1. The molecule has 0 saturated carbocycles. The molecule has 0 aliphatic carbocycles. The second-order valence-electron chi connectivity index (χ2n) is 4.31. The molecule has 0 saturated heterocycles. The second kappa shape index (κ2) is 4.86. The van der Waals surface area contributed by atoms with Crippen LogP contribution in [-0.4, -0.2) is 6.29 Å². The molecule has 21 heavy (non-hydrogen) atoms. The van der Waals surface area contributed by atoms with Crippen LogP contribution in [0.3, 0.4) is 0 Å². The molecule has 0 fully saturated rings. The molecule has 8 heteroatoms. The van der Waals surface area contributed by atoms with Gasteiger partial charge in [-0.25, -0.2) is 4.39 Å². The predicted molar refractivity (Wildman–Crippen MR) is 79.5 cm³/mol. The highest BCUT2D eigenvalue weighted by molar-refractivity contribution is 14.1. The van der Waals surface area contributed by atoms with Gasteiger partial charge in [0, 0.05) is 17.8 Å². The zero-order chi connectivity index (χ0) is 15.2. The van der Waals surface area contributed by atoms with Gasteiger partial charge in [0.15, 0.2) is 11.5 Å². The summed E-state index contributed by atoms with van der Waals surface area (Å²) in [4.78, 5) is 0. The van der Waals surface area contributed by atoms with Crippen LogP contribution in [0.4, 0.5) is 30.2 Å². The van der Waals surface area contributed by atoms with E-state index in [-0.39, 0.29) is 11.5 Å². The van der Waals surface area contributed by atoms with E-state index in [9.17, 15) is 13.2 Å². The number of anilines is 3. The summed E-state index contributed by atoms with van der Waals surface area (Å²) in [7, 11) is 0. The Morgan fingerprint density at radius 2 is 1.81 bits per heavy atom. The molecule has 1 aliphatic heterocycles. The van der Waals surface area contributed by atoms with Gasteiger partial charge in [-0.3, -0.25) is 0 Å². The molecule has 2 aromatic carbocycles. The van der Waals surface area contributed by atoms with Gasteiger partial charge in [0.25, 0.3) is 0 Å². The van der Waals surface area contributed by atoms with E-state index in [1.807, 2.05) is 22.6 Å². The highest BCUT2D eigenvalue weighted by Gasteiger charge is 2.43. The molecule has 3 N–H and O–H groups in total. The number of hydrogen-bond donors (Lipinski definition) is 2. The van der Waals surface area contributed by atoms with Crippen LogP contribution in [0.25, 0.3) is 0 Å². The molecule has 3 rings (SSSR count). The fourth-order valence-electron chi connectivity index (χ4n) is 1.85. The quantitative estimate of drug-likeness (QED) is 0.581. The minimum Gasteiger partial charge on any atom is -0.397 e. The molecule has 4 nitrogen and oxygen atoms in total. The maximum Gasteiger partial charge on any atom is 0.586 e. The smallest absolute Gasteiger partial charge is 0.397 e. The zero-order valence-electron chi connectivity index (χ0n) is 10.3. The number of nitrogen functional groups attached to an aromatic ring is 1. The van der Waals surface area contributed by atoms with Crippen molar-refractivity contribution in [1.29, 1.82) is 0 Å². The van der Waals surface area contributed by atoms with Gasteiger partial charge in [-0.05, 0) is 40.8 Å². The first-order chi connectivity index (χ1) is 9.84. The van der Waals surface area contributed by atoms with Crippen LogP contribution in [0.15, 0.2) is 30.3 Å². The van der Waals surface area contributed by atoms with Crippen LogP contribution < -0.4 is 20.5 Å². The number of ether oxygens (including phenoxy) is 2. The number of alkyl halides is 2. The largest absolute Gasteiger partial charge is 0.586 e. The molecule has 110 valence electrons. The second-order valence-corrected chi connectivity index (χ2v) is 5.47. The van der Waals surface area contributed by atoms with E-state index >= 15 is 0 Å². The Kier molecular flexibility index (Phi) is 3.27. The monoisotopic (exact) mass is 408 g/mol. The van der Waals surface area contributed by atoms with Crippen LogP contribution in [0.5, 0.6) is 11.5 Å². The van der Waals surface area contributed by atoms with Gasteiger partial charge in [0.2, 0.25) is 0 Å². The summed E-state index contributed by atoms with van der Waals surface area (Å²) >= 11 is 1.82. The van der Waals surface area contributed by atoms with E-state index in [2.05, 4.69) is 14.8 Å². The van der Waals surface area contributed by atoms with Crippen molar-refractivity contribution in [3.05, 3.63) is 39.7 Å². The summed E-state index contributed by atoms with van der Waals surface area (Å²) in [5, 5.41) is 2.85. The lowest BCUT2D eigenvalue weighted by Gasteiger charge is -2.10. The van der Waals surface area contributed by atoms with Gasteiger partial charge < -0.3 is 20.5 Å². The van der Waals surface area contributed by atoms with E-state index in [0.29, 0.717) is 20.6 Å². The minimum atomic E-state index is -3.67. The standard InChI is InChI=1S/C13H8F3IN2O2/c14-7-4-10(9(18)5-8(7)17)19-6-1-2-11-12(3-6)21-13(15,16)20-11/h1-5,19H,18H2. The maximum atomic E-state index is 13.5. The van der Waals surface area contributed by atoms with Crippen molar-refractivity contribution < 1.29 is 22.6 Å². The number of rotatable bonds is 2. The van der Waals surface area contributed by atoms with Crippen LogP contribution in [0, 0.1) is 9.39 Å². The van der Waals surface area contributed by atoms with Crippen molar-refractivity contribution in [2.45, 2.75) is 6.29 Å². The van der Waals surface area contributed by atoms with Crippen LogP contribution in [0.1, 0.15) is 0 Å². The van der Waals surface area contributed by atoms with Gasteiger partial charge in [-0.15, -0.1) is 8.78 Å². The third-order valence-corrected chi connectivity index (χ3v) is 3.60. The predicted octanol–water partition coefficient (Wildman–Crippen LogP) is 4.08. The lowest BCUT2D eigenvalue weighted by atomic mass is 10.2.